The number of aliphatic imine (C=N–C) groups is 1. The summed E-state index contributed by atoms with van der Waals surface area (Å²) in [4.78, 5) is 27.9. The standard InChI is InChI=1S/C15H22N4O3.2ClH/c1-2-22-14(21)12(9-6-10-18-15(16)17)19-13(20)11-7-4-3-5-8-11;;/h3-5,7-8,12H,2,6,9-10H2,1H3,(H,19,20)(H4,16,17,18);2*1H. The molecule has 0 spiro atoms. The molecule has 1 rings (SSSR count). The molecule has 1 atom stereocenters. The quantitative estimate of drug-likeness (QED) is 0.180. The first-order chi connectivity index (χ1) is 10.5. The molecule has 1 unspecified atom stereocenters. The Morgan fingerprint density at radius 1 is 1.25 bits per heavy atom. The molecule has 0 aliphatic heterocycles. The number of rotatable bonds is 8. The minimum absolute atomic E-state index is 0. The molecule has 5 N–H and O–H groups in total. The van der Waals surface area contributed by atoms with Gasteiger partial charge in [0.2, 0.25) is 0 Å². The predicted molar refractivity (Wildman–Crippen MR) is 86.5 cm³/mol. The predicted octanol–water partition coefficient (Wildman–Crippen LogP) is -5.37. The van der Waals surface area contributed by atoms with Crippen molar-refractivity contribution in [2.75, 3.05) is 13.2 Å². The van der Waals surface area contributed by atoms with Crippen molar-refractivity contribution in [3.63, 3.8) is 0 Å². The third kappa shape index (κ3) is 9.22. The molecule has 1 amide bonds. The lowest BCUT2D eigenvalue weighted by Crippen LogP contribution is -3.00. The number of hydrogen-bond acceptors (Lipinski definition) is 4. The summed E-state index contributed by atoms with van der Waals surface area (Å²) in [5, 5.41) is 2.68. The molecule has 0 aromatic heterocycles. The van der Waals surface area contributed by atoms with E-state index in [9.17, 15) is 9.59 Å². The largest absolute Gasteiger partial charge is 1.00 e. The molecule has 0 aliphatic rings. The minimum atomic E-state index is -0.721. The van der Waals surface area contributed by atoms with Crippen molar-refractivity contribution in [2.45, 2.75) is 25.8 Å². The first-order valence-electron chi connectivity index (χ1n) is 7.12. The van der Waals surface area contributed by atoms with Crippen molar-refractivity contribution in [2.24, 2.45) is 16.5 Å². The van der Waals surface area contributed by atoms with Gasteiger partial charge in [0.25, 0.3) is 5.91 Å². The van der Waals surface area contributed by atoms with E-state index in [-0.39, 0.29) is 46.1 Å². The van der Waals surface area contributed by atoms with Crippen LogP contribution in [0.4, 0.5) is 0 Å². The number of guanidine groups is 1. The molecule has 0 saturated heterocycles. The van der Waals surface area contributed by atoms with Crippen LogP contribution in [0.3, 0.4) is 0 Å². The topological polar surface area (TPSA) is 120 Å². The molecular weight excluding hydrogens is 355 g/mol. The van der Waals surface area contributed by atoms with Gasteiger partial charge in [-0.1, -0.05) is 18.2 Å². The molecule has 0 saturated carbocycles. The average Bonchev–Trinajstić information content (AvgIpc) is 2.51. The molecule has 0 aliphatic carbocycles. The maximum absolute atomic E-state index is 12.1. The van der Waals surface area contributed by atoms with Gasteiger partial charge >= 0.3 is 8.82 Å². The van der Waals surface area contributed by atoms with Gasteiger partial charge in [0.15, 0.2) is 5.96 Å². The van der Waals surface area contributed by atoms with E-state index in [2.05, 4.69) is 10.3 Å². The van der Waals surface area contributed by atoms with Crippen LogP contribution in [0.25, 0.3) is 0 Å². The fourth-order valence-electron chi connectivity index (χ4n) is 1.83. The number of nitrogens with one attached hydrogen (secondary N) is 1. The number of benzene rings is 1. The summed E-state index contributed by atoms with van der Waals surface area (Å²) in [6.45, 7) is 2.36. The summed E-state index contributed by atoms with van der Waals surface area (Å²) < 4.78 is 4.98. The SMILES string of the molecule is CCOC(=O)C(CCCN=C(N)N)NC(=O)c1ccccc1.[Cl-].[Cl-].[H+].[H+]. The molecule has 136 valence electrons. The zero-order valence-electron chi connectivity index (χ0n) is 15.4. The van der Waals surface area contributed by atoms with Crippen molar-refractivity contribution >= 4 is 17.8 Å². The van der Waals surface area contributed by atoms with Crippen LogP contribution in [-0.2, 0) is 9.53 Å². The Bertz CT molecular complexity index is 533. The van der Waals surface area contributed by atoms with Gasteiger partial charge in [-0.25, -0.2) is 4.79 Å². The first kappa shape index (κ1) is 24.3. The van der Waals surface area contributed by atoms with Gasteiger partial charge in [0.1, 0.15) is 6.04 Å². The summed E-state index contributed by atoms with van der Waals surface area (Å²) in [6, 6.07) is 7.96. The van der Waals surface area contributed by atoms with E-state index in [0.717, 1.165) is 0 Å². The Hall–Kier alpha value is -1.99. The molecule has 0 heterocycles. The van der Waals surface area contributed by atoms with Gasteiger partial charge in [-0.15, -0.1) is 0 Å². The van der Waals surface area contributed by atoms with Crippen LogP contribution in [0.15, 0.2) is 35.3 Å². The fraction of sp³-hybridized carbons (Fsp3) is 0.400. The smallest absolute Gasteiger partial charge is 1.00 e. The third-order valence-corrected chi connectivity index (χ3v) is 2.86. The zero-order valence-corrected chi connectivity index (χ0v) is 14.9. The summed E-state index contributed by atoms with van der Waals surface area (Å²) in [5.74, 6) is -0.780. The molecule has 0 radical (unpaired) electrons. The van der Waals surface area contributed by atoms with Crippen molar-refractivity contribution in [3.05, 3.63) is 35.9 Å². The summed E-state index contributed by atoms with van der Waals surface area (Å²) in [6.07, 6.45) is 0.949. The van der Waals surface area contributed by atoms with Crippen molar-refractivity contribution in [1.82, 2.24) is 5.32 Å². The lowest BCUT2D eigenvalue weighted by atomic mass is 10.1. The first-order valence-corrected chi connectivity index (χ1v) is 7.12. The van der Waals surface area contributed by atoms with Gasteiger partial charge in [-0.3, -0.25) is 9.79 Å². The Morgan fingerprint density at radius 3 is 2.42 bits per heavy atom. The number of esters is 1. The second kappa shape index (κ2) is 13.4. The number of nitrogens with zero attached hydrogens (tertiary/aromatic N) is 1. The second-order valence-corrected chi connectivity index (χ2v) is 4.59. The maximum atomic E-state index is 12.1. The van der Waals surface area contributed by atoms with Crippen molar-refractivity contribution < 1.29 is 42.0 Å². The minimum Gasteiger partial charge on any atom is -1.00 e. The molecule has 1 aromatic rings. The highest BCUT2D eigenvalue weighted by atomic mass is 35.5. The van der Waals surface area contributed by atoms with Gasteiger partial charge in [-0.2, -0.15) is 0 Å². The average molecular weight is 379 g/mol. The van der Waals surface area contributed by atoms with E-state index < -0.39 is 12.0 Å². The van der Waals surface area contributed by atoms with E-state index >= 15 is 0 Å². The van der Waals surface area contributed by atoms with Crippen LogP contribution in [0.1, 0.15) is 33.0 Å². The van der Waals surface area contributed by atoms with E-state index in [1.165, 1.54) is 0 Å². The number of amides is 1. The molecule has 7 nitrogen and oxygen atoms in total. The Labute approximate surface area is 157 Å². The van der Waals surface area contributed by atoms with Gasteiger partial charge in [0, 0.05) is 12.1 Å². The molecule has 0 bridgehead atoms. The van der Waals surface area contributed by atoms with E-state index in [0.29, 0.717) is 24.9 Å². The van der Waals surface area contributed by atoms with Gasteiger partial charge < -0.3 is 46.3 Å². The normalized spacial score (nSPS) is 10.4. The molecule has 1 aromatic carbocycles. The lowest BCUT2D eigenvalue weighted by molar-refractivity contribution is -0.145. The van der Waals surface area contributed by atoms with Crippen LogP contribution >= 0.6 is 0 Å². The summed E-state index contributed by atoms with van der Waals surface area (Å²) >= 11 is 0. The highest BCUT2D eigenvalue weighted by Gasteiger charge is 2.22. The van der Waals surface area contributed by atoms with Gasteiger partial charge in [0.05, 0.1) is 6.61 Å². The number of carbonyl (C=O) groups is 2. The maximum Gasteiger partial charge on any atom is 1.00 e. The van der Waals surface area contributed by atoms with Crippen LogP contribution in [0.5, 0.6) is 0 Å². The van der Waals surface area contributed by atoms with Crippen LogP contribution < -0.4 is 41.6 Å². The summed E-state index contributed by atoms with van der Waals surface area (Å²) in [7, 11) is 0. The second-order valence-electron chi connectivity index (χ2n) is 4.59. The monoisotopic (exact) mass is 378 g/mol. The molecular formula is C15H24Cl2N4O3. The lowest BCUT2D eigenvalue weighted by Gasteiger charge is -2.17. The fourth-order valence-corrected chi connectivity index (χ4v) is 1.83. The summed E-state index contributed by atoms with van der Waals surface area (Å²) in [5.41, 5.74) is 11.0. The number of halogens is 2. The van der Waals surface area contributed by atoms with E-state index in [4.69, 9.17) is 16.2 Å². The Balaban J connectivity index is -0.000000605. The Kier molecular flexibility index (Phi) is 13.6. The highest BCUT2D eigenvalue weighted by molar-refractivity contribution is 5.96. The highest BCUT2D eigenvalue weighted by Crippen LogP contribution is 2.04. The molecule has 24 heavy (non-hydrogen) atoms. The van der Waals surface area contributed by atoms with E-state index in [1.54, 1.807) is 31.2 Å². The van der Waals surface area contributed by atoms with Crippen molar-refractivity contribution in [3.8, 4) is 0 Å². The number of nitrogens with two attached hydrogens (primary N) is 2. The molecule has 0 fully saturated rings. The third-order valence-electron chi connectivity index (χ3n) is 2.86. The van der Waals surface area contributed by atoms with Crippen LogP contribution in [0, 0.1) is 0 Å². The van der Waals surface area contributed by atoms with Crippen molar-refractivity contribution in [1.29, 1.82) is 0 Å². The van der Waals surface area contributed by atoms with E-state index in [1.807, 2.05) is 6.07 Å². The Morgan fingerprint density at radius 2 is 1.88 bits per heavy atom. The van der Waals surface area contributed by atoms with Gasteiger partial charge in [-0.05, 0) is 31.9 Å². The number of hydrogen-bond donors (Lipinski definition) is 3. The zero-order chi connectivity index (χ0) is 16.4. The van der Waals surface area contributed by atoms with Crippen LogP contribution in [-0.4, -0.2) is 37.0 Å². The van der Waals surface area contributed by atoms with Crippen LogP contribution in [0.2, 0.25) is 0 Å². The number of carbonyl (C=O) groups excluding carboxylic acids is 2. The molecule has 9 heteroatoms. The number of ether oxygens (including phenoxy) is 1.